The van der Waals surface area contributed by atoms with Crippen LogP contribution in [0.15, 0.2) is 64.5 Å². The zero-order valence-corrected chi connectivity index (χ0v) is 14.3. The Bertz CT molecular complexity index is 888. The number of ketones is 1. The third-order valence-electron chi connectivity index (χ3n) is 3.14. The molecular weight excluding hydrogens is 377 g/mol. The van der Waals surface area contributed by atoms with Crippen LogP contribution in [-0.2, 0) is 0 Å². The maximum atomic E-state index is 13.6. The number of hydrogen-bond acceptors (Lipinski definition) is 3. The largest absolute Gasteiger partial charge is 0.289 e. The molecular formula is C18H11BrFNOS. The molecule has 0 bridgehead atoms. The molecule has 3 aromatic rings. The Labute approximate surface area is 145 Å². The Kier molecular flexibility index (Phi) is 4.79. The summed E-state index contributed by atoms with van der Waals surface area (Å²) in [6, 6.07) is 13.8. The average Bonchev–Trinajstić information content (AvgIpc) is 3.02. The van der Waals surface area contributed by atoms with E-state index in [1.54, 1.807) is 18.2 Å². The molecule has 2 nitrogen and oxygen atoms in total. The Morgan fingerprint density at radius 1 is 1.17 bits per heavy atom. The molecule has 3 rings (SSSR count). The number of allylic oxidation sites excluding steroid dienone is 1. The lowest BCUT2D eigenvalue weighted by molar-refractivity contribution is 0.104. The van der Waals surface area contributed by atoms with Crippen molar-refractivity contribution in [3.05, 3.63) is 81.5 Å². The van der Waals surface area contributed by atoms with Gasteiger partial charge in [0.25, 0.3) is 0 Å². The summed E-state index contributed by atoms with van der Waals surface area (Å²) in [6.45, 7) is 0. The number of aromatic nitrogens is 1. The lowest BCUT2D eigenvalue weighted by atomic mass is 10.1. The van der Waals surface area contributed by atoms with Gasteiger partial charge in [-0.1, -0.05) is 40.2 Å². The summed E-state index contributed by atoms with van der Waals surface area (Å²) in [4.78, 5) is 16.5. The van der Waals surface area contributed by atoms with Crippen LogP contribution in [0.3, 0.4) is 0 Å². The van der Waals surface area contributed by atoms with Gasteiger partial charge in [-0.3, -0.25) is 4.79 Å². The molecule has 1 aromatic heterocycles. The van der Waals surface area contributed by atoms with E-state index in [4.69, 9.17) is 0 Å². The van der Waals surface area contributed by atoms with Crippen LogP contribution in [0.25, 0.3) is 16.6 Å². The van der Waals surface area contributed by atoms with Crippen molar-refractivity contribution in [3.63, 3.8) is 0 Å². The molecule has 0 radical (unpaired) electrons. The molecule has 0 atom stereocenters. The molecule has 23 heavy (non-hydrogen) atoms. The fourth-order valence-electron chi connectivity index (χ4n) is 2.03. The first-order valence-electron chi connectivity index (χ1n) is 6.82. The normalized spacial score (nSPS) is 11.0. The predicted molar refractivity (Wildman–Crippen MR) is 95.0 cm³/mol. The number of nitrogens with zero attached hydrogens (tertiary/aromatic N) is 1. The highest BCUT2D eigenvalue weighted by atomic mass is 79.9. The average molecular weight is 388 g/mol. The van der Waals surface area contributed by atoms with Gasteiger partial charge >= 0.3 is 0 Å². The minimum atomic E-state index is -0.518. The number of rotatable bonds is 4. The monoisotopic (exact) mass is 387 g/mol. The van der Waals surface area contributed by atoms with Crippen molar-refractivity contribution in [2.24, 2.45) is 0 Å². The zero-order valence-electron chi connectivity index (χ0n) is 11.9. The molecule has 1 heterocycles. The van der Waals surface area contributed by atoms with E-state index in [1.165, 1.54) is 29.5 Å². The highest BCUT2D eigenvalue weighted by Gasteiger charge is 2.08. The highest BCUT2D eigenvalue weighted by molar-refractivity contribution is 9.10. The fourth-order valence-corrected chi connectivity index (χ4v) is 3.21. The van der Waals surface area contributed by atoms with E-state index < -0.39 is 5.82 Å². The third-order valence-corrected chi connectivity index (χ3v) is 4.54. The smallest absolute Gasteiger partial charge is 0.188 e. The Balaban J connectivity index is 1.79. The van der Waals surface area contributed by atoms with E-state index in [-0.39, 0.29) is 11.3 Å². The van der Waals surface area contributed by atoms with Crippen LogP contribution in [-0.4, -0.2) is 10.8 Å². The van der Waals surface area contributed by atoms with E-state index in [0.29, 0.717) is 5.69 Å². The number of benzene rings is 2. The molecule has 0 saturated heterocycles. The fraction of sp³-hybridized carbons (Fsp3) is 0. The molecule has 114 valence electrons. The number of hydrogen-bond donors (Lipinski definition) is 0. The summed E-state index contributed by atoms with van der Waals surface area (Å²) < 4.78 is 14.5. The summed E-state index contributed by atoms with van der Waals surface area (Å²) in [5, 5.41) is 2.73. The maximum absolute atomic E-state index is 13.6. The second-order valence-electron chi connectivity index (χ2n) is 4.77. The van der Waals surface area contributed by atoms with E-state index in [0.717, 1.165) is 15.0 Å². The second kappa shape index (κ2) is 6.98. The standard InChI is InChI=1S/C18H11BrFNOS/c19-13-5-3-4-12(10-13)18-21-14(11-23-18)8-9-17(22)15-6-1-2-7-16(15)20/h1-11H/b9-8+. The third kappa shape index (κ3) is 3.81. The summed E-state index contributed by atoms with van der Waals surface area (Å²) in [5.74, 6) is -0.893. The lowest BCUT2D eigenvalue weighted by Crippen LogP contribution is -1.97. The van der Waals surface area contributed by atoms with Gasteiger partial charge in [0.15, 0.2) is 5.78 Å². The molecule has 0 aliphatic carbocycles. The van der Waals surface area contributed by atoms with Gasteiger partial charge in [0, 0.05) is 15.4 Å². The van der Waals surface area contributed by atoms with Gasteiger partial charge in [-0.2, -0.15) is 0 Å². The van der Waals surface area contributed by atoms with Crippen molar-refractivity contribution in [2.45, 2.75) is 0 Å². The van der Waals surface area contributed by atoms with Crippen LogP contribution >= 0.6 is 27.3 Å². The van der Waals surface area contributed by atoms with Crippen LogP contribution in [0.2, 0.25) is 0 Å². The zero-order chi connectivity index (χ0) is 16.2. The van der Waals surface area contributed by atoms with Crippen molar-refractivity contribution < 1.29 is 9.18 Å². The van der Waals surface area contributed by atoms with E-state index in [9.17, 15) is 9.18 Å². The summed E-state index contributed by atoms with van der Waals surface area (Å²) in [6.07, 6.45) is 2.95. The van der Waals surface area contributed by atoms with Crippen molar-refractivity contribution in [1.82, 2.24) is 4.98 Å². The van der Waals surface area contributed by atoms with Crippen LogP contribution in [0.5, 0.6) is 0 Å². The summed E-state index contributed by atoms with van der Waals surface area (Å²) >= 11 is 4.92. The number of halogens is 2. The number of carbonyl (C=O) groups is 1. The first kappa shape index (κ1) is 15.8. The Morgan fingerprint density at radius 3 is 2.78 bits per heavy atom. The minimum Gasteiger partial charge on any atom is -0.289 e. The molecule has 2 aromatic carbocycles. The molecule has 0 fully saturated rings. The Morgan fingerprint density at radius 2 is 2.00 bits per heavy atom. The van der Waals surface area contributed by atoms with Gasteiger partial charge in [-0.25, -0.2) is 9.37 Å². The van der Waals surface area contributed by atoms with Gasteiger partial charge in [-0.15, -0.1) is 11.3 Å². The molecule has 0 spiro atoms. The first-order valence-corrected chi connectivity index (χ1v) is 8.49. The topological polar surface area (TPSA) is 30.0 Å². The van der Waals surface area contributed by atoms with E-state index in [2.05, 4.69) is 20.9 Å². The predicted octanol–water partition coefficient (Wildman–Crippen LogP) is 5.61. The lowest BCUT2D eigenvalue weighted by Gasteiger charge is -1.97. The maximum Gasteiger partial charge on any atom is 0.188 e. The molecule has 0 amide bonds. The van der Waals surface area contributed by atoms with Crippen LogP contribution in [0.1, 0.15) is 16.1 Å². The van der Waals surface area contributed by atoms with Gasteiger partial charge in [-0.05, 0) is 36.4 Å². The van der Waals surface area contributed by atoms with Gasteiger partial charge in [0.05, 0.1) is 11.3 Å². The van der Waals surface area contributed by atoms with Gasteiger partial charge < -0.3 is 0 Å². The van der Waals surface area contributed by atoms with Crippen LogP contribution in [0.4, 0.5) is 4.39 Å². The van der Waals surface area contributed by atoms with Crippen LogP contribution < -0.4 is 0 Å². The first-order chi connectivity index (χ1) is 11.1. The second-order valence-corrected chi connectivity index (χ2v) is 6.54. The quantitative estimate of drug-likeness (QED) is 0.430. The number of thiazole rings is 1. The van der Waals surface area contributed by atoms with E-state index in [1.807, 2.05) is 29.6 Å². The minimum absolute atomic E-state index is 0.0613. The summed E-state index contributed by atoms with van der Waals surface area (Å²) in [5.41, 5.74) is 1.74. The molecule has 5 heteroatoms. The van der Waals surface area contributed by atoms with Crippen molar-refractivity contribution in [3.8, 4) is 10.6 Å². The molecule has 0 aliphatic heterocycles. The van der Waals surface area contributed by atoms with E-state index >= 15 is 0 Å². The molecule has 0 aliphatic rings. The SMILES string of the molecule is O=C(/C=C/c1csc(-c2cccc(Br)c2)n1)c1ccccc1F. The number of carbonyl (C=O) groups excluding carboxylic acids is 1. The van der Waals surface area contributed by atoms with Gasteiger partial charge in [0.2, 0.25) is 0 Å². The summed E-state index contributed by atoms with van der Waals surface area (Å²) in [7, 11) is 0. The van der Waals surface area contributed by atoms with Crippen molar-refractivity contribution in [1.29, 1.82) is 0 Å². The van der Waals surface area contributed by atoms with Crippen molar-refractivity contribution in [2.75, 3.05) is 0 Å². The molecule has 0 saturated carbocycles. The molecule has 0 N–H and O–H groups in total. The van der Waals surface area contributed by atoms with Crippen molar-refractivity contribution >= 4 is 39.1 Å². The van der Waals surface area contributed by atoms with Crippen LogP contribution in [0, 0.1) is 5.82 Å². The highest BCUT2D eigenvalue weighted by Crippen LogP contribution is 2.26. The Hall–Kier alpha value is -2.11. The molecule has 0 unspecified atom stereocenters. The van der Waals surface area contributed by atoms with Gasteiger partial charge in [0.1, 0.15) is 10.8 Å².